The van der Waals surface area contributed by atoms with Crippen molar-refractivity contribution in [2.24, 2.45) is 5.92 Å². The highest BCUT2D eigenvalue weighted by Crippen LogP contribution is 2.28. The lowest BCUT2D eigenvalue weighted by Crippen LogP contribution is -2.14. The summed E-state index contributed by atoms with van der Waals surface area (Å²) in [4.78, 5) is 4.55. The lowest BCUT2D eigenvalue weighted by atomic mass is 9.84. The van der Waals surface area contributed by atoms with Crippen LogP contribution in [0.1, 0.15) is 64.1 Å². The molecule has 0 N–H and O–H groups in total. The van der Waals surface area contributed by atoms with Crippen LogP contribution in [-0.4, -0.2) is 4.98 Å². The van der Waals surface area contributed by atoms with Gasteiger partial charge in [0.1, 0.15) is 0 Å². The molecule has 1 aromatic rings. The van der Waals surface area contributed by atoms with Crippen LogP contribution in [-0.2, 0) is 11.8 Å². The molecule has 0 atom stereocenters. The van der Waals surface area contributed by atoms with Crippen LogP contribution in [0.15, 0.2) is 18.3 Å². The average Bonchev–Trinajstić information content (AvgIpc) is 2.29. The predicted molar refractivity (Wildman–Crippen MR) is 73.2 cm³/mol. The van der Waals surface area contributed by atoms with Gasteiger partial charge >= 0.3 is 0 Å². The van der Waals surface area contributed by atoms with Crippen molar-refractivity contribution in [1.29, 1.82) is 0 Å². The first-order chi connectivity index (χ1) is 8.05. The van der Waals surface area contributed by atoms with Crippen LogP contribution >= 0.6 is 0 Å². The van der Waals surface area contributed by atoms with Gasteiger partial charge < -0.3 is 0 Å². The predicted octanol–water partition coefficient (Wildman–Crippen LogP) is 4.50. The molecular formula is C16H25N. The Bertz CT molecular complexity index is 356. The van der Waals surface area contributed by atoms with E-state index in [0.29, 0.717) is 0 Å². The smallest absolute Gasteiger partial charge is 0.0409 e. The van der Waals surface area contributed by atoms with Gasteiger partial charge in [0.15, 0.2) is 0 Å². The Hall–Kier alpha value is -0.850. The fourth-order valence-corrected chi connectivity index (χ4v) is 2.74. The number of hydrogen-bond acceptors (Lipinski definition) is 1. The molecule has 0 bridgehead atoms. The molecule has 17 heavy (non-hydrogen) atoms. The van der Waals surface area contributed by atoms with Crippen molar-refractivity contribution in [2.75, 3.05) is 0 Å². The zero-order valence-electron chi connectivity index (χ0n) is 11.5. The Balaban J connectivity index is 2.05. The van der Waals surface area contributed by atoms with Gasteiger partial charge in [-0.25, -0.2) is 0 Å². The SMILES string of the molecule is CC(C)(C)c1ccnc(CC2CCCCC2)c1. The maximum atomic E-state index is 4.55. The van der Waals surface area contributed by atoms with E-state index in [0.717, 1.165) is 5.92 Å². The van der Waals surface area contributed by atoms with Crippen LogP contribution in [0.2, 0.25) is 0 Å². The van der Waals surface area contributed by atoms with Crippen LogP contribution in [0, 0.1) is 5.92 Å². The van der Waals surface area contributed by atoms with Crippen molar-refractivity contribution in [3.05, 3.63) is 29.6 Å². The topological polar surface area (TPSA) is 12.9 Å². The van der Waals surface area contributed by atoms with Crippen LogP contribution < -0.4 is 0 Å². The average molecular weight is 231 g/mol. The van der Waals surface area contributed by atoms with Crippen LogP contribution in [0.25, 0.3) is 0 Å². The summed E-state index contributed by atoms with van der Waals surface area (Å²) < 4.78 is 0. The monoisotopic (exact) mass is 231 g/mol. The summed E-state index contributed by atoms with van der Waals surface area (Å²) in [5.74, 6) is 0.881. The molecule has 1 aromatic heterocycles. The van der Waals surface area contributed by atoms with Gasteiger partial charge in [0, 0.05) is 11.9 Å². The van der Waals surface area contributed by atoms with Gasteiger partial charge in [-0.3, -0.25) is 4.98 Å². The summed E-state index contributed by atoms with van der Waals surface area (Å²) in [6.07, 6.45) is 10.3. The summed E-state index contributed by atoms with van der Waals surface area (Å²) in [5, 5.41) is 0. The van der Waals surface area contributed by atoms with Gasteiger partial charge in [0.05, 0.1) is 0 Å². The summed E-state index contributed by atoms with van der Waals surface area (Å²) in [6, 6.07) is 4.47. The maximum Gasteiger partial charge on any atom is 0.0409 e. The molecule has 0 spiro atoms. The minimum Gasteiger partial charge on any atom is -0.261 e. The standard InChI is InChI=1S/C16H25N/c1-16(2,3)14-9-10-17-15(12-14)11-13-7-5-4-6-8-13/h9-10,12-13H,4-8,11H2,1-3H3. The molecule has 0 unspecified atom stereocenters. The first-order valence-corrected chi connectivity index (χ1v) is 7.01. The molecule has 0 aromatic carbocycles. The van der Waals surface area contributed by atoms with E-state index in [1.807, 2.05) is 6.20 Å². The Kier molecular flexibility index (Phi) is 3.86. The second-order valence-corrected chi connectivity index (χ2v) is 6.49. The molecule has 94 valence electrons. The number of pyridine rings is 1. The van der Waals surface area contributed by atoms with E-state index < -0.39 is 0 Å². The summed E-state index contributed by atoms with van der Waals surface area (Å²) >= 11 is 0. The van der Waals surface area contributed by atoms with Crippen LogP contribution in [0.3, 0.4) is 0 Å². The van der Waals surface area contributed by atoms with E-state index in [4.69, 9.17) is 0 Å². The van der Waals surface area contributed by atoms with Gasteiger partial charge in [0.25, 0.3) is 0 Å². The Labute approximate surface area is 106 Å². The third kappa shape index (κ3) is 3.55. The van der Waals surface area contributed by atoms with Crippen molar-refractivity contribution in [1.82, 2.24) is 4.98 Å². The van der Waals surface area contributed by atoms with Crippen molar-refractivity contribution < 1.29 is 0 Å². The molecule has 0 radical (unpaired) electrons. The molecule has 0 aliphatic heterocycles. The summed E-state index contributed by atoms with van der Waals surface area (Å²) in [7, 11) is 0. The zero-order valence-corrected chi connectivity index (χ0v) is 11.5. The number of nitrogens with zero attached hydrogens (tertiary/aromatic N) is 1. The van der Waals surface area contributed by atoms with Crippen molar-refractivity contribution in [3.63, 3.8) is 0 Å². The van der Waals surface area contributed by atoms with Gasteiger partial charge in [0.2, 0.25) is 0 Å². The Morgan fingerprint density at radius 3 is 2.53 bits per heavy atom. The molecule has 1 heteroatoms. The molecule has 1 nitrogen and oxygen atoms in total. The molecule has 1 fully saturated rings. The number of rotatable bonds is 2. The number of aromatic nitrogens is 1. The Morgan fingerprint density at radius 1 is 1.18 bits per heavy atom. The van der Waals surface area contributed by atoms with Gasteiger partial charge in [-0.15, -0.1) is 0 Å². The van der Waals surface area contributed by atoms with E-state index in [-0.39, 0.29) is 5.41 Å². The molecule has 1 aliphatic carbocycles. The van der Waals surface area contributed by atoms with Crippen molar-refractivity contribution >= 4 is 0 Å². The van der Waals surface area contributed by atoms with E-state index in [9.17, 15) is 0 Å². The second kappa shape index (κ2) is 5.20. The third-order valence-corrected chi connectivity index (χ3v) is 3.91. The van der Waals surface area contributed by atoms with Crippen molar-refractivity contribution in [3.8, 4) is 0 Å². The van der Waals surface area contributed by atoms with Gasteiger partial charge in [-0.2, -0.15) is 0 Å². The highest BCUT2D eigenvalue weighted by atomic mass is 14.7. The minimum absolute atomic E-state index is 0.240. The highest BCUT2D eigenvalue weighted by molar-refractivity contribution is 5.23. The fraction of sp³-hybridized carbons (Fsp3) is 0.688. The molecule has 0 saturated heterocycles. The number of hydrogen-bond donors (Lipinski definition) is 0. The molecule has 2 rings (SSSR count). The van der Waals surface area contributed by atoms with Gasteiger partial charge in [-0.05, 0) is 35.4 Å². The minimum atomic E-state index is 0.240. The molecule has 1 heterocycles. The summed E-state index contributed by atoms with van der Waals surface area (Å²) in [5.41, 5.74) is 2.95. The van der Waals surface area contributed by atoms with Gasteiger partial charge in [-0.1, -0.05) is 52.9 Å². The first-order valence-electron chi connectivity index (χ1n) is 7.01. The lowest BCUT2D eigenvalue weighted by molar-refractivity contribution is 0.354. The third-order valence-electron chi connectivity index (χ3n) is 3.91. The largest absolute Gasteiger partial charge is 0.261 e. The van der Waals surface area contributed by atoms with E-state index in [2.05, 4.69) is 37.9 Å². The fourth-order valence-electron chi connectivity index (χ4n) is 2.74. The molecule has 1 aliphatic rings. The van der Waals surface area contributed by atoms with Crippen LogP contribution in [0.5, 0.6) is 0 Å². The maximum absolute atomic E-state index is 4.55. The molecule has 0 amide bonds. The summed E-state index contributed by atoms with van der Waals surface area (Å²) in [6.45, 7) is 6.81. The lowest BCUT2D eigenvalue weighted by Gasteiger charge is -2.23. The van der Waals surface area contributed by atoms with Crippen LogP contribution in [0.4, 0.5) is 0 Å². The molecular weight excluding hydrogens is 206 g/mol. The zero-order chi connectivity index (χ0) is 12.3. The van der Waals surface area contributed by atoms with E-state index in [1.165, 1.54) is 49.8 Å². The molecule has 1 saturated carbocycles. The second-order valence-electron chi connectivity index (χ2n) is 6.49. The Morgan fingerprint density at radius 2 is 1.88 bits per heavy atom. The van der Waals surface area contributed by atoms with E-state index >= 15 is 0 Å². The van der Waals surface area contributed by atoms with E-state index in [1.54, 1.807) is 0 Å². The van der Waals surface area contributed by atoms with Crippen molar-refractivity contribution in [2.45, 2.75) is 64.7 Å². The normalized spacial score (nSPS) is 18.3. The first kappa shape index (κ1) is 12.6. The quantitative estimate of drug-likeness (QED) is 0.730. The highest BCUT2D eigenvalue weighted by Gasteiger charge is 2.17.